The fourth-order valence-corrected chi connectivity index (χ4v) is 2.36. The van der Waals surface area contributed by atoms with Gasteiger partial charge >= 0.3 is 0 Å². The second kappa shape index (κ2) is 9.33. The molecule has 0 aliphatic carbocycles. The Balaban J connectivity index is 0.00000243. The van der Waals surface area contributed by atoms with Crippen LogP contribution in [0.15, 0.2) is 48.8 Å². The van der Waals surface area contributed by atoms with E-state index in [4.69, 9.17) is 22.1 Å². The highest BCUT2D eigenvalue weighted by molar-refractivity contribution is 6.30. The smallest absolute Gasteiger partial charge is 0.222 e. The second-order valence-corrected chi connectivity index (χ2v) is 5.92. The summed E-state index contributed by atoms with van der Waals surface area (Å²) in [7, 11) is 0. The third-order valence-electron chi connectivity index (χ3n) is 3.44. The van der Waals surface area contributed by atoms with Crippen LogP contribution in [0.2, 0.25) is 5.02 Å². The lowest BCUT2D eigenvalue weighted by molar-refractivity contribution is 0.460. The molecular weight excluding hydrogens is 373 g/mol. The van der Waals surface area contributed by atoms with Crippen molar-refractivity contribution in [1.82, 2.24) is 15.0 Å². The van der Waals surface area contributed by atoms with E-state index in [0.29, 0.717) is 29.9 Å². The first-order valence-electron chi connectivity index (χ1n) is 7.78. The molecule has 3 N–H and O–H groups in total. The number of aryl methyl sites for hydroxylation is 1. The van der Waals surface area contributed by atoms with E-state index in [1.807, 2.05) is 43.3 Å². The van der Waals surface area contributed by atoms with Crippen LogP contribution in [-0.4, -0.2) is 15.0 Å². The lowest BCUT2D eigenvalue weighted by Gasteiger charge is -2.10. The summed E-state index contributed by atoms with van der Waals surface area (Å²) in [5.41, 5.74) is 8.54. The number of benzene rings is 1. The number of ether oxygens (including phenoxy) is 1. The zero-order valence-corrected chi connectivity index (χ0v) is 15.7. The molecule has 2 heterocycles. The van der Waals surface area contributed by atoms with E-state index in [9.17, 15) is 0 Å². The Kier molecular flexibility index (Phi) is 7.15. The number of anilines is 1. The standard InChI is InChI=1S/C18H18ClN5O.ClH/c1-12-6-14(9-21-18-22-10-15(19)11-23-18)7-17(24-12)25-16-4-2-13(8-20)3-5-16;/h2-7,10-11H,8-9,20H2,1H3,(H,21,22,23);1H. The van der Waals surface area contributed by atoms with Gasteiger partial charge in [0.05, 0.1) is 17.4 Å². The summed E-state index contributed by atoms with van der Waals surface area (Å²) in [4.78, 5) is 12.6. The molecule has 0 atom stereocenters. The van der Waals surface area contributed by atoms with Crippen molar-refractivity contribution < 1.29 is 4.74 Å². The van der Waals surface area contributed by atoms with Crippen LogP contribution < -0.4 is 15.8 Å². The van der Waals surface area contributed by atoms with Gasteiger partial charge in [-0.05, 0) is 36.2 Å². The van der Waals surface area contributed by atoms with Gasteiger partial charge in [-0.3, -0.25) is 0 Å². The maximum Gasteiger partial charge on any atom is 0.222 e. The molecular formula is C18H19Cl2N5O. The highest BCUT2D eigenvalue weighted by atomic mass is 35.5. The molecule has 6 nitrogen and oxygen atoms in total. The van der Waals surface area contributed by atoms with E-state index in [-0.39, 0.29) is 12.4 Å². The molecule has 0 amide bonds. The number of rotatable bonds is 6. The molecule has 1 aromatic carbocycles. The average molecular weight is 392 g/mol. The fourth-order valence-electron chi connectivity index (χ4n) is 2.26. The number of pyridine rings is 1. The van der Waals surface area contributed by atoms with Crippen LogP contribution in [0.5, 0.6) is 11.6 Å². The van der Waals surface area contributed by atoms with E-state index in [2.05, 4.69) is 20.3 Å². The van der Waals surface area contributed by atoms with Crippen molar-refractivity contribution in [2.24, 2.45) is 5.73 Å². The van der Waals surface area contributed by atoms with Gasteiger partial charge in [0.25, 0.3) is 0 Å². The highest BCUT2D eigenvalue weighted by Crippen LogP contribution is 2.22. The lowest BCUT2D eigenvalue weighted by Crippen LogP contribution is -2.04. The van der Waals surface area contributed by atoms with Gasteiger partial charge < -0.3 is 15.8 Å². The number of hydrogen-bond donors (Lipinski definition) is 2. The predicted molar refractivity (Wildman–Crippen MR) is 105 cm³/mol. The molecule has 26 heavy (non-hydrogen) atoms. The number of nitrogens with two attached hydrogens (primary N) is 1. The highest BCUT2D eigenvalue weighted by Gasteiger charge is 2.04. The van der Waals surface area contributed by atoms with Crippen LogP contribution in [0.3, 0.4) is 0 Å². The van der Waals surface area contributed by atoms with Crippen LogP contribution in [0.4, 0.5) is 5.95 Å². The summed E-state index contributed by atoms with van der Waals surface area (Å²) >= 11 is 5.78. The van der Waals surface area contributed by atoms with Gasteiger partial charge in [-0.2, -0.15) is 0 Å². The van der Waals surface area contributed by atoms with Crippen LogP contribution in [-0.2, 0) is 13.1 Å². The van der Waals surface area contributed by atoms with Crippen LogP contribution in [0.25, 0.3) is 0 Å². The number of nitrogens with zero attached hydrogens (tertiary/aromatic N) is 3. The minimum atomic E-state index is 0. The molecule has 0 bridgehead atoms. The maximum atomic E-state index is 5.84. The van der Waals surface area contributed by atoms with Crippen molar-refractivity contribution in [3.8, 4) is 11.6 Å². The van der Waals surface area contributed by atoms with E-state index in [1.165, 1.54) is 0 Å². The molecule has 136 valence electrons. The van der Waals surface area contributed by atoms with E-state index < -0.39 is 0 Å². The molecule has 0 aliphatic rings. The third kappa shape index (κ3) is 5.56. The van der Waals surface area contributed by atoms with Crippen molar-refractivity contribution in [3.63, 3.8) is 0 Å². The molecule has 0 spiro atoms. The fraction of sp³-hybridized carbons (Fsp3) is 0.167. The zero-order valence-electron chi connectivity index (χ0n) is 14.1. The van der Waals surface area contributed by atoms with E-state index in [1.54, 1.807) is 12.4 Å². The molecule has 2 aromatic heterocycles. The van der Waals surface area contributed by atoms with E-state index in [0.717, 1.165) is 22.6 Å². The van der Waals surface area contributed by atoms with Gasteiger partial charge in [0, 0.05) is 24.8 Å². The molecule has 8 heteroatoms. The first-order chi connectivity index (χ1) is 12.1. The summed E-state index contributed by atoms with van der Waals surface area (Å²) in [6.45, 7) is 2.98. The molecule has 0 saturated carbocycles. The number of nitrogens with one attached hydrogen (secondary N) is 1. The maximum absolute atomic E-state index is 5.84. The summed E-state index contributed by atoms with van der Waals surface area (Å²) in [5.74, 6) is 1.77. The summed E-state index contributed by atoms with van der Waals surface area (Å²) in [6.07, 6.45) is 3.10. The zero-order chi connectivity index (χ0) is 17.6. The van der Waals surface area contributed by atoms with Crippen molar-refractivity contribution in [2.75, 3.05) is 5.32 Å². The Labute approximate surface area is 163 Å². The van der Waals surface area contributed by atoms with Crippen molar-refractivity contribution in [1.29, 1.82) is 0 Å². The predicted octanol–water partition coefficient (Wildman–Crippen LogP) is 4.12. The minimum absolute atomic E-state index is 0. The van der Waals surface area contributed by atoms with Gasteiger partial charge in [-0.25, -0.2) is 15.0 Å². The van der Waals surface area contributed by atoms with Crippen molar-refractivity contribution >= 4 is 30.0 Å². The van der Waals surface area contributed by atoms with Crippen molar-refractivity contribution in [2.45, 2.75) is 20.0 Å². The third-order valence-corrected chi connectivity index (χ3v) is 3.64. The van der Waals surface area contributed by atoms with Crippen LogP contribution in [0.1, 0.15) is 16.8 Å². The van der Waals surface area contributed by atoms with E-state index >= 15 is 0 Å². The van der Waals surface area contributed by atoms with Gasteiger partial charge in [0.2, 0.25) is 11.8 Å². The van der Waals surface area contributed by atoms with Gasteiger partial charge in [0.15, 0.2) is 0 Å². The molecule has 0 fully saturated rings. The summed E-state index contributed by atoms with van der Waals surface area (Å²) in [5, 5.41) is 3.64. The van der Waals surface area contributed by atoms with Crippen LogP contribution in [0, 0.1) is 6.92 Å². The molecule has 0 unspecified atom stereocenters. The van der Waals surface area contributed by atoms with Gasteiger partial charge in [0.1, 0.15) is 5.75 Å². The number of halogens is 2. The lowest BCUT2D eigenvalue weighted by atomic mass is 10.2. The number of aromatic nitrogens is 3. The summed E-state index contributed by atoms with van der Waals surface area (Å²) < 4.78 is 5.84. The first-order valence-corrected chi connectivity index (χ1v) is 8.16. The minimum Gasteiger partial charge on any atom is -0.439 e. The Morgan fingerprint density at radius 3 is 2.42 bits per heavy atom. The monoisotopic (exact) mass is 391 g/mol. The van der Waals surface area contributed by atoms with Gasteiger partial charge in [-0.1, -0.05) is 23.7 Å². The van der Waals surface area contributed by atoms with Crippen molar-refractivity contribution in [3.05, 3.63) is 70.6 Å². The molecule has 3 rings (SSSR count). The second-order valence-electron chi connectivity index (χ2n) is 5.48. The Hall–Kier alpha value is -2.41. The topological polar surface area (TPSA) is 86.0 Å². The summed E-state index contributed by atoms with van der Waals surface area (Å²) in [6, 6.07) is 11.5. The number of hydrogen-bond acceptors (Lipinski definition) is 6. The quantitative estimate of drug-likeness (QED) is 0.657. The SMILES string of the molecule is Cc1cc(CNc2ncc(Cl)cn2)cc(Oc2ccc(CN)cc2)n1.Cl. The molecule has 0 aliphatic heterocycles. The first kappa shape index (κ1) is 19.9. The van der Waals surface area contributed by atoms with Crippen LogP contribution >= 0.6 is 24.0 Å². The average Bonchev–Trinajstić information content (AvgIpc) is 2.61. The Morgan fingerprint density at radius 1 is 1.08 bits per heavy atom. The normalized spacial score (nSPS) is 10.1. The largest absolute Gasteiger partial charge is 0.439 e. The Morgan fingerprint density at radius 2 is 1.77 bits per heavy atom. The molecule has 0 saturated heterocycles. The molecule has 3 aromatic rings. The Bertz CT molecular complexity index is 841. The molecule has 0 radical (unpaired) electrons. The van der Waals surface area contributed by atoms with Gasteiger partial charge in [-0.15, -0.1) is 12.4 Å².